The van der Waals surface area contributed by atoms with E-state index >= 15 is 0 Å². The van der Waals surface area contributed by atoms with E-state index in [0.717, 1.165) is 10.8 Å². The molecule has 72 valence electrons. The van der Waals surface area contributed by atoms with Crippen molar-refractivity contribution in [2.45, 2.75) is 0 Å². The predicted molar refractivity (Wildman–Crippen MR) is 60.8 cm³/mol. The Morgan fingerprint density at radius 3 is 2.67 bits per heavy atom. The minimum Gasteiger partial charge on any atom is -0.366 e. The van der Waals surface area contributed by atoms with Gasteiger partial charge in [0.25, 0.3) is 0 Å². The number of carbonyl (C=O) groups is 1. The van der Waals surface area contributed by atoms with Gasteiger partial charge in [-0.3, -0.25) is 4.79 Å². The molecule has 15 heavy (non-hydrogen) atoms. The fourth-order valence-corrected chi connectivity index (χ4v) is 1.98. The predicted octanol–water partition coefficient (Wildman–Crippen LogP) is 0.157. The number of carbonyl (C=O) groups excluding carboxylic acids is 1. The molecule has 1 aromatic carbocycles. The van der Waals surface area contributed by atoms with E-state index in [1.807, 2.05) is 18.2 Å². The highest BCUT2D eigenvalue weighted by Crippen LogP contribution is 2.11. The third kappa shape index (κ3) is 1.15. The minimum atomic E-state index is -0.370. The maximum absolute atomic E-state index is 11.0. The standard InChI is InChI=1S/C13H9NO/c14-13(15)12-6-10-4-8-2-1-3-9(8)5-11(10)7-12/h1-7H,(H2,14,15). The number of primary amides is 1. The average Bonchev–Trinajstić information content (AvgIpc) is 2.77. The van der Waals surface area contributed by atoms with Crippen LogP contribution in [0, 0.1) is 0 Å². The van der Waals surface area contributed by atoms with Gasteiger partial charge < -0.3 is 5.73 Å². The third-order valence-electron chi connectivity index (χ3n) is 2.75. The number of rotatable bonds is 1. The lowest BCUT2D eigenvalue weighted by molar-refractivity contribution is -0.114. The molecule has 2 heteroatoms. The Labute approximate surface area is 86.7 Å². The molecule has 0 spiro atoms. The molecule has 0 bridgehead atoms. The molecule has 2 nitrogen and oxygen atoms in total. The number of nitrogens with two attached hydrogens (primary N) is 1. The van der Waals surface area contributed by atoms with Crippen LogP contribution in [0.2, 0.25) is 0 Å². The molecular formula is C13H9NO. The van der Waals surface area contributed by atoms with Crippen molar-refractivity contribution in [3.05, 3.63) is 45.3 Å². The molecule has 1 aromatic rings. The number of hydrogen-bond donors (Lipinski definition) is 1. The summed E-state index contributed by atoms with van der Waals surface area (Å²) in [4.78, 5) is 11.0. The van der Waals surface area contributed by atoms with E-state index in [0.29, 0.717) is 5.57 Å². The van der Waals surface area contributed by atoms with Crippen LogP contribution in [0.5, 0.6) is 0 Å². The molecule has 1 amide bonds. The van der Waals surface area contributed by atoms with Gasteiger partial charge in [0.05, 0.1) is 0 Å². The van der Waals surface area contributed by atoms with Crippen LogP contribution in [0.15, 0.2) is 23.8 Å². The van der Waals surface area contributed by atoms with Gasteiger partial charge in [0.2, 0.25) is 5.91 Å². The van der Waals surface area contributed by atoms with E-state index in [9.17, 15) is 4.79 Å². The highest BCUT2D eigenvalue weighted by molar-refractivity contribution is 6.07. The van der Waals surface area contributed by atoms with Gasteiger partial charge in [-0.2, -0.15) is 0 Å². The number of hydrogen-bond acceptors (Lipinski definition) is 1. The fourth-order valence-electron chi connectivity index (χ4n) is 1.98. The molecule has 0 saturated heterocycles. The highest BCUT2D eigenvalue weighted by Gasteiger charge is 2.10. The van der Waals surface area contributed by atoms with Crippen molar-refractivity contribution < 1.29 is 4.79 Å². The largest absolute Gasteiger partial charge is 0.366 e. The van der Waals surface area contributed by atoms with Gasteiger partial charge in [-0.15, -0.1) is 0 Å². The lowest BCUT2D eigenvalue weighted by atomic mass is 10.1. The number of fused-ring (bicyclic) bond motifs is 2. The first-order valence-electron chi connectivity index (χ1n) is 4.80. The third-order valence-corrected chi connectivity index (χ3v) is 2.75. The van der Waals surface area contributed by atoms with Crippen LogP contribution in [-0.4, -0.2) is 5.91 Å². The summed E-state index contributed by atoms with van der Waals surface area (Å²) in [7, 11) is 0. The number of amides is 1. The summed E-state index contributed by atoms with van der Waals surface area (Å²) >= 11 is 0. The second-order valence-corrected chi connectivity index (χ2v) is 3.74. The van der Waals surface area contributed by atoms with E-state index in [2.05, 4.69) is 24.3 Å². The maximum Gasteiger partial charge on any atom is 0.248 e. The first kappa shape index (κ1) is 8.24. The van der Waals surface area contributed by atoms with Gasteiger partial charge in [0.15, 0.2) is 0 Å². The van der Waals surface area contributed by atoms with Crippen molar-refractivity contribution in [1.29, 1.82) is 0 Å². The smallest absolute Gasteiger partial charge is 0.248 e. The fraction of sp³-hybridized carbons (Fsp3) is 0. The zero-order valence-electron chi connectivity index (χ0n) is 8.03. The van der Waals surface area contributed by atoms with E-state index < -0.39 is 0 Å². The molecule has 2 aliphatic rings. The molecule has 2 N–H and O–H groups in total. The Hall–Kier alpha value is -2.09. The SMILES string of the molecule is NC(=O)C1=Cc2cc3c(cc2=C1)C=CC=3. The van der Waals surface area contributed by atoms with Crippen LogP contribution in [0.4, 0.5) is 0 Å². The average molecular weight is 195 g/mol. The van der Waals surface area contributed by atoms with Crippen molar-refractivity contribution in [2.24, 2.45) is 5.73 Å². The van der Waals surface area contributed by atoms with E-state index in [1.165, 1.54) is 10.8 Å². The summed E-state index contributed by atoms with van der Waals surface area (Å²) < 4.78 is 0. The number of benzene rings is 1. The zero-order chi connectivity index (χ0) is 10.4. The first-order chi connectivity index (χ1) is 7.24. The summed E-state index contributed by atoms with van der Waals surface area (Å²) in [5, 5.41) is 2.27. The minimum absolute atomic E-state index is 0.370. The zero-order valence-corrected chi connectivity index (χ0v) is 8.03. The van der Waals surface area contributed by atoms with Gasteiger partial charge in [-0.25, -0.2) is 0 Å². The molecule has 0 aliphatic heterocycles. The topological polar surface area (TPSA) is 43.1 Å². The van der Waals surface area contributed by atoms with Crippen LogP contribution in [-0.2, 0) is 4.79 Å². The summed E-state index contributed by atoms with van der Waals surface area (Å²) in [6, 6.07) is 4.16. The van der Waals surface area contributed by atoms with Crippen molar-refractivity contribution in [2.75, 3.05) is 0 Å². The molecule has 2 aliphatic carbocycles. The first-order valence-corrected chi connectivity index (χ1v) is 4.80. The molecule has 0 aromatic heterocycles. The highest BCUT2D eigenvalue weighted by atomic mass is 16.1. The molecule has 0 heterocycles. The normalized spacial score (nSPS) is 15.1. The molecule has 0 fully saturated rings. The summed E-state index contributed by atoms with van der Waals surface area (Å²) in [5.41, 5.74) is 8.09. The van der Waals surface area contributed by atoms with Gasteiger partial charge in [0.1, 0.15) is 0 Å². The lowest BCUT2D eigenvalue weighted by Gasteiger charge is -1.94. The van der Waals surface area contributed by atoms with Crippen LogP contribution in [0.1, 0.15) is 11.1 Å². The van der Waals surface area contributed by atoms with E-state index in [-0.39, 0.29) is 5.91 Å². The molecule has 3 rings (SSSR count). The summed E-state index contributed by atoms with van der Waals surface area (Å²) in [6.45, 7) is 0. The van der Waals surface area contributed by atoms with E-state index in [1.54, 1.807) is 0 Å². The maximum atomic E-state index is 11.0. The Morgan fingerprint density at radius 2 is 1.87 bits per heavy atom. The Balaban J connectivity index is 2.27. The van der Waals surface area contributed by atoms with Crippen LogP contribution in [0.25, 0.3) is 24.3 Å². The number of allylic oxidation sites excluding steroid dienone is 1. The second-order valence-electron chi connectivity index (χ2n) is 3.74. The summed E-state index contributed by atoms with van der Waals surface area (Å²) in [5.74, 6) is -0.370. The van der Waals surface area contributed by atoms with Crippen LogP contribution in [0.3, 0.4) is 0 Å². The quantitative estimate of drug-likeness (QED) is 0.681. The second kappa shape index (κ2) is 2.70. The van der Waals surface area contributed by atoms with Crippen molar-refractivity contribution in [3.63, 3.8) is 0 Å². The van der Waals surface area contributed by atoms with Gasteiger partial charge in [0, 0.05) is 5.57 Å². The van der Waals surface area contributed by atoms with Crippen molar-refractivity contribution >= 4 is 30.2 Å². The van der Waals surface area contributed by atoms with E-state index in [4.69, 9.17) is 5.73 Å². The summed E-state index contributed by atoms with van der Waals surface area (Å²) in [6.07, 6.45) is 9.82. The Kier molecular flexibility index (Phi) is 1.48. The monoisotopic (exact) mass is 195 g/mol. The van der Waals surface area contributed by atoms with Gasteiger partial charge >= 0.3 is 0 Å². The van der Waals surface area contributed by atoms with Crippen molar-refractivity contribution in [1.82, 2.24) is 0 Å². The molecule has 0 atom stereocenters. The van der Waals surface area contributed by atoms with Crippen LogP contribution < -0.4 is 16.2 Å². The van der Waals surface area contributed by atoms with Gasteiger partial charge in [-0.05, 0) is 45.8 Å². The lowest BCUT2D eigenvalue weighted by Crippen LogP contribution is -2.13. The van der Waals surface area contributed by atoms with Crippen molar-refractivity contribution in [3.8, 4) is 0 Å². The molecular weight excluding hydrogens is 186 g/mol. The van der Waals surface area contributed by atoms with Gasteiger partial charge in [-0.1, -0.05) is 18.2 Å². The van der Waals surface area contributed by atoms with Crippen LogP contribution >= 0.6 is 0 Å². The Morgan fingerprint density at radius 1 is 1.07 bits per heavy atom. The molecule has 0 radical (unpaired) electrons. The molecule has 0 unspecified atom stereocenters. The molecule has 0 saturated carbocycles. The Bertz CT molecular complexity index is 648.